The van der Waals surface area contributed by atoms with E-state index in [0.717, 1.165) is 62.4 Å². The Labute approximate surface area is 206 Å². The molecule has 190 valence electrons. The number of fused-ring (bicyclic) bond motifs is 3. The van der Waals surface area contributed by atoms with E-state index in [4.69, 9.17) is 9.72 Å². The SMILES string of the molecule is Cc1cc(N2C[C@H]3CC[C@@H](C2)C3Nc2nc3n(n2)CCCC[C@@H]3Oc2ccc(F)c(F)c2F)ncn1. The van der Waals surface area contributed by atoms with Gasteiger partial charge in [-0.2, -0.15) is 9.37 Å². The van der Waals surface area contributed by atoms with Gasteiger partial charge < -0.3 is 15.0 Å². The average molecular weight is 500 g/mol. The molecular formula is C25H28F3N7O. The maximum atomic E-state index is 14.3. The van der Waals surface area contributed by atoms with E-state index in [2.05, 4.69) is 25.3 Å². The Kier molecular flexibility index (Phi) is 5.93. The number of hydrogen-bond acceptors (Lipinski definition) is 7. The third-order valence-corrected chi connectivity index (χ3v) is 7.59. The van der Waals surface area contributed by atoms with Crippen LogP contribution in [0.4, 0.5) is 24.9 Å². The molecule has 4 atom stereocenters. The first kappa shape index (κ1) is 23.1. The van der Waals surface area contributed by atoms with E-state index in [1.807, 2.05) is 13.0 Å². The third kappa shape index (κ3) is 4.24. The van der Waals surface area contributed by atoms with Crippen LogP contribution in [0.25, 0.3) is 0 Å². The van der Waals surface area contributed by atoms with Gasteiger partial charge in [0, 0.05) is 37.4 Å². The standard InChI is InChI=1S/C25H28F3N7O/c1-14-10-20(30-13-29-14)34-11-15-5-6-16(12-34)23(15)31-25-32-24-19(4-2-3-9-35(24)33-25)36-18-8-7-17(26)21(27)22(18)28/h7-8,10,13,15-16,19,23H,2-6,9,11-12H2,1H3,(H,31,33)/t15-,16+,19-,23?/m0/s1. The van der Waals surface area contributed by atoms with E-state index in [1.165, 1.54) is 0 Å². The van der Waals surface area contributed by atoms with Gasteiger partial charge in [-0.15, -0.1) is 5.10 Å². The fourth-order valence-electron chi connectivity index (χ4n) is 5.81. The third-order valence-electron chi connectivity index (χ3n) is 7.59. The Hall–Kier alpha value is -3.37. The Morgan fingerprint density at radius 2 is 1.81 bits per heavy atom. The van der Waals surface area contributed by atoms with Crippen LogP contribution >= 0.6 is 0 Å². The molecule has 1 saturated heterocycles. The summed E-state index contributed by atoms with van der Waals surface area (Å²) < 4.78 is 49.0. The second-order valence-corrected chi connectivity index (χ2v) is 9.98. The molecule has 0 radical (unpaired) electrons. The molecule has 2 aromatic heterocycles. The van der Waals surface area contributed by atoms with Gasteiger partial charge in [0.15, 0.2) is 29.3 Å². The highest BCUT2D eigenvalue weighted by molar-refractivity contribution is 5.41. The largest absolute Gasteiger partial charge is 0.479 e. The van der Waals surface area contributed by atoms with Crippen LogP contribution in [0, 0.1) is 36.2 Å². The van der Waals surface area contributed by atoms with Gasteiger partial charge in [0.1, 0.15) is 12.1 Å². The van der Waals surface area contributed by atoms with Crippen LogP contribution in [-0.2, 0) is 6.54 Å². The molecule has 0 spiro atoms. The molecule has 1 aliphatic carbocycles. The number of nitrogens with zero attached hydrogens (tertiary/aromatic N) is 6. The van der Waals surface area contributed by atoms with E-state index < -0.39 is 23.6 Å². The number of benzene rings is 1. The number of rotatable bonds is 5. The number of aromatic nitrogens is 5. The first-order valence-corrected chi connectivity index (χ1v) is 12.5. The summed E-state index contributed by atoms with van der Waals surface area (Å²) in [6.07, 6.45) is 5.54. The minimum atomic E-state index is -1.54. The number of ether oxygens (including phenoxy) is 1. The molecule has 2 bridgehead atoms. The van der Waals surface area contributed by atoms with Crippen LogP contribution in [-0.4, -0.2) is 43.9 Å². The van der Waals surface area contributed by atoms with Crippen molar-refractivity contribution in [2.45, 2.75) is 57.7 Å². The number of halogens is 3. The van der Waals surface area contributed by atoms with Gasteiger partial charge in [0.25, 0.3) is 0 Å². The van der Waals surface area contributed by atoms with E-state index in [0.29, 0.717) is 36.6 Å². The molecule has 11 heteroatoms. The van der Waals surface area contributed by atoms with Crippen molar-refractivity contribution in [3.63, 3.8) is 0 Å². The second-order valence-electron chi connectivity index (χ2n) is 9.98. The molecule has 0 amide bonds. The topological polar surface area (TPSA) is 81.0 Å². The fourth-order valence-corrected chi connectivity index (χ4v) is 5.81. The van der Waals surface area contributed by atoms with Gasteiger partial charge >= 0.3 is 0 Å². The zero-order valence-electron chi connectivity index (χ0n) is 20.0. The van der Waals surface area contributed by atoms with Crippen molar-refractivity contribution < 1.29 is 17.9 Å². The van der Waals surface area contributed by atoms with E-state index in [1.54, 1.807) is 11.0 Å². The minimum absolute atomic E-state index is 0.249. The van der Waals surface area contributed by atoms with E-state index >= 15 is 0 Å². The van der Waals surface area contributed by atoms with Crippen LogP contribution < -0.4 is 15.0 Å². The summed E-state index contributed by atoms with van der Waals surface area (Å²) in [4.78, 5) is 15.7. The van der Waals surface area contributed by atoms with Crippen molar-refractivity contribution in [1.29, 1.82) is 0 Å². The van der Waals surface area contributed by atoms with Crippen molar-refractivity contribution in [2.24, 2.45) is 11.8 Å². The van der Waals surface area contributed by atoms with Gasteiger partial charge in [-0.25, -0.2) is 23.4 Å². The quantitative estimate of drug-likeness (QED) is 0.521. The smallest absolute Gasteiger partial charge is 0.242 e. The highest BCUT2D eigenvalue weighted by atomic mass is 19.2. The van der Waals surface area contributed by atoms with Crippen LogP contribution in [0.15, 0.2) is 24.5 Å². The summed E-state index contributed by atoms with van der Waals surface area (Å²) >= 11 is 0. The summed E-state index contributed by atoms with van der Waals surface area (Å²) in [5.41, 5.74) is 0.955. The average Bonchev–Trinajstić information content (AvgIpc) is 3.29. The predicted molar refractivity (Wildman–Crippen MR) is 126 cm³/mol. The lowest BCUT2D eigenvalue weighted by atomic mass is 9.92. The first-order valence-electron chi connectivity index (χ1n) is 12.5. The summed E-state index contributed by atoms with van der Waals surface area (Å²) in [6.45, 7) is 4.45. The first-order chi connectivity index (χ1) is 17.5. The Morgan fingerprint density at radius 3 is 2.58 bits per heavy atom. The molecule has 1 N–H and O–H groups in total. The molecule has 3 aromatic rings. The summed E-state index contributed by atoms with van der Waals surface area (Å²) in [5, 5.41) is 8.26. The number of aryl methyl sites for hydroxylation is 2. The van der Waals surface area contributed by atoms with Gasteiger partial charge in [-0.05, 0) is 63.0 Å². The molecule has 3 aliphatic rings. The maximum absolute atomic E-state index is 14.3. The molecule has 8 nitrogen and oxygen atoms in total. The molecule has 2 aliphatic heterocycles. The molecule has 1 unspecified atom stereocenters. The zero-order valence-corrected chi connectivity index (χ0v) is 20.0. The van der Waals surface area contributed by atoms with Crippen molar-refractivity contribution in [3.8, 4) is 5.75 Å². The second kappa shape index (κ2) is 9.25. The van der Waals surface area contributed by atoms with E-state index in [9.17, 15) is 13.2 Å². The molecular weight excluding hydrogens is 471 g/mol. The Morgan fingerprint density at radius 1 is 1.00 bits per heavy atom. The van der Waals surface area contributed by atoms with Gasteiger partial charge in [-0.3, -0.25) is 0 Å². The summed E-state index contributed by atoms with van der Waals surface area (Å²) in [5.74, 6) is -1.50. The van der Waals surface area contributed by atoms with Crippen LogP contribution in [0.5, 0.6) is 5.75 Å². The highest BCUT2D eigenvalue weighted by Crippen LogP contribution is 2.40. The lowest BCUT2D eigenvalue weighted by molar-refractivity contribution is 0.172. The number of piperidine rings is 1. The zero-order chi connectivity index (χ0) is 24.8. The molecule has 4 heterocycles. The number of hydrogen-bond donors (Lipinski definition) is 1. The van der Waals surface area contributed by atoms with Crippen molar-refractivity contribution in [3.05, 3.63) is 53.5 Å². The molecule has 2 fully saturated rings. The highest BCUT2D eigenvalue weighted by Gasteiger charge is 2.43. The maximum Gasteiger partial charge on any atom is 0.242 e. The predicted octanol–water partition coefficient (Wildman–Crippen LogP) is 4.42. The van der Waals surface area contributed by atoms with Gasteiger partial charge in [-0.1, -0.05) is 0 Å². The van der Waals surface area contributed by atoms with E-state index in [-0.39, 0.29) is 11.8 Å². The van der Waals surface area contributed by atoms with Crippen molar-refractivity contribution in [1.82, 2.24) is 24.7 Å². The number of nitrogens with one attached hydrogen (secondary N) is 1. The lowest BCUT2D eigenvalue weighted by Crippen LogP contribution is -2.48. The number of anilines is 2. The molecule has 1 saturated carbocycles. The molecule has 6 rings (SSSR count). The van der Waals surface area contributed by atoms with Gasteiger partial charge in [0.05, 0.1) is 0 Å². The molecule has 1 aromatic carbocycles. The van der Waals surface area contributed by atoms with Crippen molar-refractivity contribution in [2.75, 3.05) is 23.3 Å². The monoisotopic (exact) mass is 499 g/mol. The Bertz CT molecular complexity index is 1250. The van der Waals surface area contributed by atoms with Crippen molar-refractivity contribution >= 4 is 11.8 Å². The lowest BCUT2D eigenvalue weighted by Gasteiger charge is -2.38. The summed E-state index contributed by atoms with van der Waals surface area (Å²) in [7, 11) is 0. The van der Waals surface area contributed by atoms with Crippen LogP contribution in [0.3, 0.4) is 0 Å². The minimum Gasteiger partial charge on any atom is -0.479 e. The van der Waals surface area contributed by atoms with Gasteiger partial charge in [0.2, 0.25) is 11.8 Å². The fraction of sp³-hybridized carbons (Fsp3) is 0.520. The van der Waals surface area contributed by atoms with Crippen LogP contribution in [0.1, 0.15) is 49.7 Å². The molecule has 36 heavy (non-hydrogen) atoms. The Balaban J connectivity index is 1.19. The van der Waals surface area contributed by atoms with Crippen LogP contribution in [0.2, 0.25) is 0 Å². The summed E-state index contributed by atoms with van der Waals surface area (Å²) in [6, 6.07) is 4.26. The normalized spacial score (nSPS) is 25.4.